The molecule has 0 aromatic carbocycles. The summed E-state index contributed by atoms with van der Waals surface area (Å²) in [5, 5.41) is 2.97. The Balaban J connectivity index is 3.67. The molecule has 5 heteroatoms. The van der Waals surface area contributed by atoms with Gasteiger partial charge in [-0.15, -0.1) is 0 Å². The molecule has 0 unspecified atom stereocenters. The molecule has 94 valence electrons. The van der Waals surface area contributed by atoms with Crippen LogP contribution in [-0.2, 0) is 9.59 Å². The fourth-order valence-corrected chi connectivity index (χ4v) is 1.03. The first-order valence-corrected chi connectivity index (χ1v) is 5.52. The van der Waals surface area contributed by atoms with Crippen LogP contribution in [0, 0.1) is 0 Å². The largest absolute Gasteiger partial charge is 0.349 e. The monoisotopic (exact) mass is 229 g/mol. The lowest BCUT2D eigenvalue weighted by atomic mass is 10.3. The van der Waals surface area contributed by atoms with Crippen LogP contribution in [0.3, 0.4) is 0 Å². The van der Waals surface area contributed by atoms with Crippen molar-refractivity contribution in [3.8, 4) is 0 Å². The number of rotatable bonds is 6. The highest BCUT2D eigenvalue weighted by Crippen LogP contribution is 1.93. The van der Waals surface area contributed by atoms with Crippen molar-refractivity contribution < 1.29 is 9.59 Å². The second-order valence-electron chi connectivity index (χ2n) is 4.31. The first-order chi connectivity index (χ1) is 7.36. The molecule has 0 bridgehead atoms. The van der Waals surface area contributed by atoms with Gasteiger partial charge in [0.25, 0.3) is 0 Å². The van der Waals surface area contributed by atoms with Gasteiger partial charge in [-0.2, -0.15) is 0 Å². The number of carbonyl (C=O) groups is 2. The van der Waals surface area contributed by atoms with Gasteiger partial charge in [0.1, 0.15) is 0 Å². The van der Waals surface area contributed by atoms with Gasteiger partial charge in [-0.05, 0) is 13.8 Å². The molecule has 0 aliphatic heterocycles. The first-order valence-electron chi connectivity index (χ1n) is 5.52. The van der Waals surface area contributed by atoms with Crippen LogP contribution < -0.4 is 5.32 Å². The van der Waals surface area contributed by atoms with Gasteiger partial charge in [0, 0.05) is 40.2 Å². The normalized spacial score (nSPS) is 10.4. The molecule has 0 aliphatic carbocycles. The van der Waals surface area contributed by atoms with E-state index in [1.54, 1.807) is 30.9 Å². The SMILES string of the molecule is CC(C)N(C)C(=O)CNCCC(=O)N(C)C. The van der Waals surface area contributed by atoms with Crippen molar-refractivity contribution in [1.82, 2.24) is 15.1 Å². The summed E-state index contributed by atoms with van der Waals surface area (Å²) in [4.78, 5) is 26.0. The Bertz CT molecular complexity index is 239. The van der Waals surface area contributed by atoms with Crippen molar-refractivity contribution >= 4 is 11.8 Å². The van der Waals surface area contributed by atoms with Crippen LogP contribution in [0.5, 0.6) is 0 Å². The zero-order chi connectivity index (χ0) is 12.7. The van der Waals surface area contributed by atoms with Gasteiger partial charge < -0.3 is 15.1 Å². The average molecular weight is 229 g/mol. The van der Waals surface area contributed by atoms with E-state index >= 15 is 0 Å². The van der Waals surface area contributed by atoms with Crippen LogP contribution in [0.4, 0.5) is 0 Å². The van der Waals surface area contributed by atoms with Crippen molar-refractivity contribution in [2.24, 2.45) is 0 Å². The Morgan fingerprint density at radius 2 is 1.69 bits per heavy atom. The highest BCUT2D eigenvalue weighted by Gasteiger charge is 2.11. The van der Waals surface area contributed by atoms with Crippen molar-refractivity contribution in [2.75, 3.05) is 34.2 Å². The molecular formula is C11H23N3O2. The van der Waals surface area contributed by atoms with Crippen LogP contribution in [0.25, 0.3) is 0 Å². The van der Waals surface area contributed by atoms with Crippen LogP contribution in [-0.4, -0.2) is 61.9 Å². The van der Waals surface area contributed by atoms with Gasteiger partial charge in [-0.25, -0.2) is 0 Å². The average Bonchev–Trinajstić information content (AvgIpc) is 2.22. The summed E-state index contributed by atoms with van der Waals surface area (Å²) in [7, 11) is 5.22. The lowest BCUT2D eigenvalue weighted by molar-refractivity contribution is -0.131. The van der Waals surface area contributed by atoms with Gasteiger partial charge in [0.05, 0.1) is 6.54 Å². The van der Waals surface area contributed by atoms with Crippen molar-refractivity contribution in [1.29, 1.82) is 0 Å². The summed E-state index contributed by atoms with van der Waals surface area (Å²) in [5.41, 5.74) is 0. The predicted octanol–water partition coefficient (Wildman–Crippen LogP) is -0.0789. The standard InChI is InChI=1S/C11H23N3O2/c1-9(2)14(5)11(16)8-12-7-6-10(15)13(3)4/h9,12H,6-8H2,1-5H3. The summed E-state index contributed by atoms with van der Waals surface area (Å²) < 4.78 is 0. The molecule has 0 saturated heterocycles. The van der Waals surface area contributed by atoms with Crippen LogP contribution >= 0.6 is 0 Å². The van der Waals surface area contributed by atoms with Gasteiger partial charge in [0.2, 0.25) is 11.8 Å². The molecule has 0 radical (unpaired) electrons. The van der Waals surface area contributed by atoms with E-state index in [4.69, 9.17) is 0 Å². The molecule has 0 aliphatic rings. The molecule has 1 N–H and O–H groups in total. The number of amides is 2. The van der Waals surface area contributed by atoms with E-state index < -0.39 is 0 Å². The van der Waals surface area contributed by atoms with Gasteiger partial charge in [-0.1, -0.05) is 0 Å². The molecule has 5 nitrogen and oxygen atoms in total. The second kappa shape index (κ2) is 7.22. The van der Waals surface area contributed by atoms with E-state index in [0.29, 0.717) is 13.0 Å². The maximum absolute atomic E-state index is 11.5. The lowest BCUT2D eigenvalue weighted by Gasteiger charge is -2.21. The number of nitrogens with zero attached hydrogens (tertiary/aromatic N) is 2. The minimum Gasteiger partial charge on any atom is -0.349 e. The Kier molecular flexibility index (Phi) is 6.72. The molecule has 0 aromatic rings. The maximum atomic E-state index is 11.5. The molecule has 2 amide bonds. The molecule has 0 aromatic heterocycles. The van der Waals surface area contributed by atoms with E-state index in [1.807, 2.05) is 13.8 Å². The summed E-state index contributed by atoms with van der Waals surface area (Å²) in [5.74, 6) is 0.115. The Hall–Kier alpha value is -1.10. The lowest BCUT2D eigenvalue weighted by Crippen LogP contribution is -2.40. The number of likely N-dealkylation sites (N-methyl/N-ethyl adjacent to an activating group) is 1. The molecule has 0 saturated carbocycles. The van der Waals surface area contributed by atoms with Crippen molar-refractivity contribution in [2.45, 2.75) is 26.3 Å². The molecule has 0 heterocycles. The summed E-state index contributed by atoms with van der Waals surface area (Å²) in [6, 6.07) is 0.206. The summed E-state index contributed by atoms with van der Waals surface area (Å²) >= 11 is 0. The maximum Gasteiger partial charge on any atom is 0.236 e. The molecule has 0 fully saturated rings. The van der Waals surface area contributed by atoms with E-state index in [2.05, 4.69) is 5.32 Å². The molecule has 0 rings (SSSR count). The highest BCUT2D eigenvalue weighted by molar-refractivity contribution is 5.78. The van der Waals surface area contributed by atoms with E-state index in [9.17, 15) is 9.59 Å². The Morgan fingerprint density at radius 1 is 1.12 bits per heavy atom. The van der Waals surface area contributed by atoms with Crippen molar-refractivity contribution in [3.63, 3.8) is 0 Å². The van der Waals surface area contributed by atoms with Gasteiger partial charge in [-0.3, -0.25) is 9.59 Å². The number of nitrogens with one attached hydrogen (secondary N) is 1. The van der Waals surface area contributed by atoms with Gasteiger partial charge in [0.15, 0.2) is 0 Å². The van der Waals surface area contributed by atoms with Crippen LogP contribution in [0.1, 0.15) is 20.3 Å². The molecule has 0 spiro atoms. The minimum atomic E-state index is 0.0484. The van der Waals surface area contributed by atoms with E-state index in [-0.39, 0.29) is 24.4 Å². The fourth-order valence-electron chi connectivity index (χ4n) is 1.03. The molecular weight excluding hydrogens is 206 g/mol. The van der Waals surface area contributed by atoms with Crippen molar-refractivity contribution in [3.05, 3.63) is 0 Å². The predicted molar refractivity (Wildman–Crippen MR) is 64.1 cm³/mol. The number of carbonyl (C=O) groups excluding carboxylic acids is 2. The fraction of sp³-hybridized carbons (Fsp3) is 0.818. The quantitative estimate of drug-likeness (QED) is 0.648. The Morgan fingerprint density at radius 3 is 2.12 bits per heavy atom. The molecule has 0 atom stereocenters. The number of hydrogen-bond donors (Lipinski definition) is 1. The third kappa shape index (κ3) is 5.70. The zero-order valence-electron chi connectivity index (χ0n) is 10.9. The summed E-state index contributed by atoms with van der Waals surface area (Å²) in [6.45, 7) is 4.75. The first kappa shape index (κ1) is 14.9. The molecule has 16 heavy (non-hydrogen) atoms. The van der Waals surface area contributed by atoms with E-state index in [1.165, 1.54) is 0 Å². The highest BCUT2D eigenvalue weighted by atomic mass is 16.2. The number of hydrogen-bond acceptors (Lipinski definition) is 3. The van der Waals surface area contributed by atoms with E-state index in [0.717, 1.165) is 0 Å². The van der Waals surface area contributed by atoms with Crippen LogP contribution in [0.2, 0.25) is 0 Å². The second-order valence-corrected chi connectivity index (χ2v) is 4.31. The smallest absolute Gasteiger partial charge is 0.236 e. The van der Waals surface area contributed by atoms with Crippen LogP contribution in [0.15, 0.2) is 0 Å². The zero-order valence-corrected chi connectivity index (χ0v) is 10.9. The summed E-state index contributed by atoms with van der Waals surface area (Å²) in [6.07, 6.45) is 0.422. The Labute approximate surface area is 97.8 Å². The third-order valence-electron chi connectivity index (χ3n) is 2.46. The minimum absolute atomic E-state index is 0.0484. The van der Waals surface area contributed by atoms with Gasteiger partial charge >= 0.3 is 0 Å². The third-order valence-corrected chi connectivity index (χ3v) is 2.46. The topological polar surface area (TPSA) is 52.7 Å².